The quantitative estimate of drug-likeness (QED) is 0.865. The minimum absolute atomic E-state index is 0.441. The lowest BCUT2D eigenvalue weighted by molar-refractivity contribution is 0.607. The molecule has 0 spiro atoms. The van der Waals surface area contributed by atoms with Gasteiger partial charge in [0.15, 0.2) is 0 Å². The maximum absolute atomic E-state index is 11.2. The van der Waals surface area contributed by atoms with Gasteiger partial charge in [-0.15, -0.1) is 11.3 Å². The van der Waals surface area contributed by atoms with E-state index in [0.717, 1.165) is 11.3 Å². The van der Waals surface area contributed by atoms with Crippen LogP contribution in [0.1, 0.15) is 5.01 Å². The largest absolute Gasteiger partial charge is 0.377 e. The van der Waals surface area contributed by atoms with Gasteiger partial charge in [0, 0.05) is 0 Å². The van der Waals surface area contributed by atoms with E-state index >= 15 is 0 Å². The highest BCUT2D eigenvalue weighted by molar-refractivity contribution is 7.92. The predicted molar refractivity (Wildman–Crippen MR) is 84.4 cm³/mol. The summed E-state index contributed by atoms with van der Waals surface area (Å²) in [5.74, 6) is 0. The van der Waals surface area contributed by atoms with Crippen LogP contribution in [-0.4, -0.2) is 19.7 Å². The number of benzene rings is 1. The number of halogens is 2. The smallest absolute Gasteiger partial charge is 0.229 e. The molecule has 0 saturated carbocycles. The molecule has 0 aliphatic heterocycles. The number of nitrogens with one attached hydrogen (secondary N) is 2. The third-order valence-corrected chi connectivity index (χ3v) is 4.28. The predicted octanol–water partition coefficient (Wildman–Crippen LogP) is 3.43. The summed E-state index contributed by atoms with van der Waals surface area (Å²) in [4.78, 5) is 4.11. The molecular weight excluding hydrogens is 341 g/mol. The topological polar surface area (TPSA) is 71.1 Å². The second-order valence-electron chi connectivity index (χ2n) is 3.98. The van der Waals surface area contributed by atoms with Crippen LogP contribution in [0.15, 0.2) is 24.4 Å². The molecule has 0 aliphatic carbocycles. The lowest BCUT2D eigenvalue weighted by Gasteiger charge is -2.10. The van der Waals surface area contributed by atoms with Gasteiger partial charge in [-0.2, -0.15) is 0 Å². The van der Waals surface area contributed by atoms with Crippen LogP contribution in [0.4, 0.5) is 11.4 Å². The second-order valence-corrected chi connectivity index (χ2v) is 7.88. The molecule has 1 heterocycles. The van der Waals surface area contributed by atoms with E-state index in [1.54, 1.807) is 24.4 Å². The Hall–Kier alpha value is -1.02. The molecule has 2 N–H and O–H groups in total. The second kappa shape index (κ2) is 6.17. The van der Waals surface area contributed by atoms with Crippen LogP contribution in [0.3, 0.4) is 0 Å². The standard InChI is InChI=1S/C11H11Cl2N3O2S2/c1-20(17,18)16-7-2-3-8(12)9(4-7)14-6-11-15-5-10(13)19-11/h2-5,14,16H,6H2,1H3. The van der Waals surface area contributed by atoms with E-state index in [1.165, 1.54) is 11.3 Å². The molecular formula is C11H11Cl2N3O2S2. The first kappa shape index (κ1) is 15.4. The van der Waals surface area contributed by atoms with Crippen LogP contribution in [0.5, 0.6) is 0 Å². The van der Waals surface area contributed by atoms with Crippen molar-refractivity contribution in [1.82, 2.24) is 4.98 Å². The van der Waals surface area contributed by atoms with E-state index in [0.29, 0.717) is 27.3 Å². The van der Waals surface area contributed by atoms with E-state index in [-0.39, 0.29) is 0 Å². The van der Waals surface area contributed by atoms with Gasteiger partial charge in [0.1, 0.15) is 9.34 Å². The zero-order chi connectivity index (χ0) is 14.8. The first-order chi connectivity index (χ1) is 9.33. The van der Waals surface area contributed by atoms with Crippen LogP contribution in [0, 0.1) is 0 Å². The molecule has 1 aromatic heterocycles. The summed E-state index contributed by atoms with van der Waals surface area (Å²) in [7, 11) is -3.32. The molecule has 0 radical (unpaired) electrons. The van der Waals surface area contributed by atoms with Crippen molar-refractivity contribution in [1.29, 1.82) is 0 Å². The molecule has 0 amide bonds. The van der Waals surface area contributed by atoms with Gasteiger partial charge in [0.25, 0.3) is 0 Å². The van der Waals surface area contributed by atoms with E-state index in [2.05, 4.69) is 15.0 Å². The van der Waals surface area contributed by atoms with Crippen molar-refractivity contribution in [3.63, 3.8) is 0 Å². The Bertz CT molecular complexity index is 716. The van der Waals surface area contributed by atoms with Crippen LogP contribution >= 0.6 is 34.5 Å². The number of hydrogen-bond acceptors (Lipinski definition) is 5. The van der Waals surface area contributed by atoms with E-state index in [9.17, 15) is 8.42 Å². The number of anilines is 2. The third-order valence-electron chi connectivity index (χ3n) is 2.23. The maximum Gasteiger partial charge on any atom is 0.229 e. The van der Waals surface area contributed by atoms with Crippen molar-refractivity contribution in [2.24, 2.45) is 0 Å². The number of thiazole rings is 1. The third kappa shape index (κ3) is 4.52. The fourth-order valence-corrected chi connectivity index (χ4v) is 3.11. The number of nitrogens with zero attached hydrogens (tertiary/aromatic N) is 1. The van der Waals surface area contributed by atoms with Crippen molar-refractivity contribution < 1.29 is 8.42 Å². The lowest BCUT2D eigenvalue weighted by Crippen LogP contribution is -2.10. The number of rotatable bonds is 5. The Labute approximate surface area is 131 Å². The number of hydrogen-bond donors (Lipinski definition) is 2. The molecule has 20 heavy (non-hydrogen) atoms. The normalized spacial score (nSPS) is 11.3. The first-order valence-electron chi connectivity index (χ1n) is 5.45. The minimum atomic E-state index is -3.32. The Morgan fingerprint density at radius 1 is 1.35 bits per heavy atom. The first-order valence-corrected chi connectivity index (χ1v) is 8.91. The van der Waals surface area contributed by atoms with Crippen LogP contribution in [0.2, 0.25) is 9.36 Å². The average Bonchev–Trinajstić information content (AvgIpc) is 2.74. The summed E-state index contributed by atoms with van der Waals surface area (Å²) in [6, 6.07) is 4.83. The van der Waals surface area contributed by atoms with Gasteiger partial charge < -0.3 is 5.32 Å². The summed E-state index contributed by atoms with van der Waals surface area (Å²) < 4.78 is 25.4. The fourth-order valence-electron chi connectivity index (χ4n) is 1.48. The van der Waals surface area contributed by atoms with Crippen molar-refractivity contribution in [2.45, 2.75) is 6.54 Å². The zero-order valence-electron chi connectivity index (χ0n) is 10.4. The minimum Gasteiger partial charge on any atom is -0.377 e. The van der Waals surface area contributed by atoms with Gasteiger partial charge in [-0.05, 0) is 18.2 Å². The number of aromatic nitrogens is 1. The molecule has 0 atom stereocenters. The summed E-state index contributed by atoms with van der Waals surface area (Å²) in [6.07, 6.45) is 2.67. The fraction of sp³-hybridized carbons (Fsp3) is 0.182. The highest BCUT2D eigenvalue weighted by Crippen LogP contribution is 2.27. The van der Waals surface area contributed by atoms with Crippen molar-refractivity contribution in [2.75, 3.05) is 16.3 Å². The number of sulfonamides is 1. The highest BCUT2D eigenvalue weighted by Gasteiger charge is 2.07. The van der Waals surface area contributed by atoms with Gasteiger partial charge in [0.2, 0.25) is 10.0 Å². The van der Waals surface area contributed by atoms with E-state index < -0.39 is 10.0 Å². The van der Waals surface area contributed by atoms with Gasteiger partial charge in [-0.25, -0.2) is 13.4 Å². The van der Waals surface area contributed by atoms with Gasteiger partial charge in [-0.1, -0.05) is 23.2 Å². The molecule has 108 valence electrons. The Kier molecular flexibility index (Phi) is 4.74. The summed E-state index contributed by atoms with van der Waals surface area (Å²) in [6.45, 7) is 0.458. The van der Waals surface area contributed by atoms with Crippen LogP contribution in [-0.2, 0) is 16.6 Å². The van der Waals surface area contributed by atoms with Gasteiger partial charge >= 0.3 is 0 Å². The monoisotopic (exact) mass is 351 g/mol. The molecule has 2 aromatic rings. The Balaban J connectivity index is 2.12. The SMILES string of the molecule is CS(=O)(=O)Nc1ccc(Cl)c(NCc2ncc(Cl)s2)c1. The summed E-state index contributed by atoms with van der Waals surface area (Å²) in [5, 5.41) is 4.40. The molecule has 0 bridgehead atoms. The van der Waals surface area contributed by atoms with Crippen LogP contribution in [0.25, 0.3) is 0 Å². The summed E-state index contributed by atoms with van der Waals surface area (Å²) in [5.41, 5.74) is 1.06. The molecule has 2 rings (SSSR count). The van der Waals surface area contributed by atoms with Crippen LogP contribution < -0.4 is 10.0 Å². The van der Waals surface area contributed by atoms with Gasteiger partial charge in [0.05, 0.1) is 35.4 Å². The molecule has 0 fully saturated rings. The Morgan fingerprint density at radius 2 is 2.10 bits per heavy atom. The average molecular weight is 352 g/mol. The Morgan fingerprint density at radius 3 is 2.70 bits per heavy atom. The molecule has 1 aromatic carbocycles. The van der Waals surface area contributed by atoms with Crippen molar-refractivity contribution >= 4 is 55.9 Å². The molecule has 9 heteroatoms. The maximum atomic E-state index is 11.2. The molecule has 0 saturated heterocycles. The zero-order valence-corrected chi connectivity index (χ0v) is 13.5. The summed E-state index contributed by atoms with van der Waals surface area (Å²) >= 11 is 13.2. The van der Waals surface area contributed by atoms with E-state index in [1.807, 2.05) is 0 Å². The van der Waals surface area contributed by atoms with Gasteiger partial charge in [-0.3, -0.25) is 4.72 Å². The molecule has 0 unspecified atom stereocenters. The van der Waals surface area contributed by atoms with Crippen molar-refractivity contribution in [3.05, 3.63) is 38.8 Å². The molecule has 5 nitrogen and oxygen atoms in total. The molecule has 0 aliphatic rings. The lowest BCUT2D eigenvalue weighted by atomic mass is 10.3. The van der Waals surface area contributed by atoms with Crippen molar-refractivity contribution in [3.8, 4) is 0 Å². The van der Waals surface area contributed by atoms with E-state index in [4.69, 9.17) is 23.2 Å². The highest BCUT2D eigenvalue weighted by atomic mass is 35.5.